The summed E-state index contributed by atoms with van der Waals surface area (Å²) in [5.41, 5.74) is 0. The van der Waals surface area contributed by atoms with Crippen molar-refractivity contribution < 1.29 is 9.59 Å². The van der Waals surface area contributed by atoms with Crippen LogP contribution in [0.3, 0.4) is 0 Å². The number of rotatable bonds is 10. The van der Waals surface area contributed by atoms with Crippen LogP contribution >= 0.6 is 35.3 Å². The van der Waals surface area contributed by atoms with Crippen LogP contribution in [-0.4, -0.2) is 58.4 Å². The van der Waals surface area contributed by atoms with Gasteiger partial charge in [0, 0.05) is 11.3 Å². The van der Waals surface area contributed by atoms with Crippen molar-refractivity contribution >= 4 is 47.1 Å². The van der Waals surface area contributed by atoms with Gasteiger partial charge >= 0.3 is 0 Å². The second-order valence-corrected chi connectivity index (χ2v) is 10.1. The number of carbonyl (C=O) groups is 2. The van der Waals surface area contributed by atoms with Crippen LogP contribution in [0.2, 0.25) is 0 Å². The van der Waals surface area contributed by atoms with E-state index in [9.17, 15) is 9.59 Å². The lowest BCUT2D eigenvalue weighted by Gasteiger charge is -2.27. The van der Waals surface area contributed by atoms with Crippen molar-refractivity contribution in [2.45, 2.75) is 49.7 Å². The molecule has 2 amide bonds. The molecular formula is C15H30N2O2S3. The molecule has 0 bridgehead atoms. The van der Waals surface area contributed by atoms with E-state index in [2.05, 4.69) is 24.5 Å². The molecular weight excluding hydrogens is 336 g/mol. The van der Waals surface area contributed by atoms with Crippen molar-refractivity contribution in [3.63, 3.8) is 0 Å². The van der Waals surface area contributed by atoms with Crippen LogP contribution < -0.4 is 10.6 Å². The average molecular weight is 367 g/mol. The quantitative estimate of drug-likeness (QED) is 0.622. The van der Waals surface area contributed by atoms with Crippen molar-refractivity contribution in [1.29, 1.82) is 0 Å². The van der Waals surface area contributed by atoms with E-state index in [0.29, 0.717) is 13.0 Å². The second-order valence-electron chi connectivity index (χ2n) is 6.20. The van der Waals surface area contributed by atoms with Gasteiger partial charge in [0.05, 0.1) is 4.75 Å². The molecule has 22 heavy (non-hydrogen) atoms. The Balaban J connectivity index is 4.75. The number of thioether (sulfide) groups is 3. The van der Waals surface area contributed by atoms with Gasteiger partial charge in [-0.05, 0) is 58.6 Å². The topological polar surface area (TPSA) is 58.2 Å². The van der Waals surface area contributed by atoms with Crippen molar-refractivity contribution in [3.8, 4) is 0 Å². The van der Waals surface area contributed by atoms with Gasteiger partial charge in [-0.15, -0.1) is 11.8 Å². The van der Waals surface area contributed by atoms with Crippen LogP contribution in [0, 0.1) is 0 Å². The Morgan fingerprint density at radius 2 is 1.64 bits per heavy atom. The maximum absolute atomic E-state index is 12.4. The van der Waals surface area contributed by atoms with Gasteiger partial charge in [0.1, 0.15) is 6.04 Å². The third-order valence-electron chi connectivity index (χ3n) is 3.53. The predicted molar refractivity (Wildman–Crippen MR) is 103 cm³/mol. The van der Waals surface area contributed by atoms with E-state index in [1.165, 1.54) is 11.8 Å². The van der Waals surface area contributed by atoms with Gasteiger partial charge in [-0.1, -0.05) is 0 Å². The molecule has 0 aromatic heterocycles. The normalized spacial score (nSPS) is 13.6. The van der Waals surface area contributed by atoms with E-state index in [4.69, 9.17) is 0 Å². The van der Waals surface area contributed by atoms with Crippen molar-refractivity contribution in [1.82, 2.24) is 10.6 Å². The molecule has 0 heterocycles. The molecule has 0 aliphatic rings. The van der Waals surface area contributed by atoms with Gasteiger partial charge in [-0.2, -0.15) is 23.5 Å². The highest BCUT2D eigenvalue weighted by atomic mass is 32.2. The smallest absolute Gasteiger partial charge is 0.242 e. The van der Waals surface area contributed by atoms with Gasteiger partial charge in [-0.25, -0.2) is 0 Å². The van der Waals surface area contributed by atoms with E-state index >= 15 is 0 Å². The van der Waals surface area contributed by atoms with Crippen molar-refractivity contribution in [2.24, 2.45) is 0 Å². The summed E-state index contributed by atoms with van der Waals surface area (Å²) in [6.07, 6.45) is 6.57. The number of carbonyl (C=O) groups excluding carboxylic acids is 2. The standard InChI is InChI=1S/C15H30N2O2S3/c1-14(2,21-6)10-16-12(18)11(8-9-20-5)17-13(19)15(3,4)22-7/h11H,8-10H2,1-7H3,(H,16,18)(H,17,19). The van der Waals surface area contributed by atoms with Gasteiger partial charge in [0.2, 0.25) is 11.8 Å². The summed E-state index contributed by atoms with van der Waals surface area (Å²) in [5, 5.41) is 5.87. The molecule has 0 saturated heterocycles. The lowest BCUT2D eigenvalue weighted by Crippen LogP contribution is -2.53. The summed E-state index contributed by atoms with van der Waals surface area (Å²) in [5.74, 6) is 0.649. The summed E-state index contributed by atoms with van der Waals surface area (Å²) in [6, 6.07) is -0.468. The molecule has 0 aromatic rings. The minimum absolute atomic E-state index is 0.0116. The largest absolute Gasteiger partial charge is 0.353 e. The van der Waals surface area contributed by atoms with E-state index in [1.807, 2.05) is 32.6 Å². The van der Waals surface area contributed by atoms with Crippen molar-refractivity contribution in [3.05, 3.63) is 0 Å². The highest BCUT2D eigenvalue weighted by molar-refractivity contribution is 8.00. The van der Waals surface area contributed by atoms with Gasteiger partial charge in [0.15, 0.2) is 0 Å². The molecule has 2 N–H and O–H groups in total. The highest BCUT2D eigenvalue weighted by Crippen LogP contribution is 2.22. The molecule has 1 atom stereocenters. The summed E-state index contributed by atoms with van der Waals surface area (Å²) in [6.45, 7) is 8.50. The molecule has 1 unspecified atom stereocenters. The fraction of sp³-hybridized carbons (Fsp3) is 0.867. The van der Waals surface area contributed by atoms with Crippen LogP contribution in [0.5, 0.6) is 0 Å². The molecule has 0 aliphatic carbocycles. The minimum Gasteiger partial charge on any atom is -0.353 e. The zero-order chi connectivity index (χ0) is 17.4. The minimum atomic E-state index is -0.531. The van der Waals surface area contributed by atoms with E-state index in [0.717, 1.165) is 5.75 Å². The summed E-state index contributed by atoms with van der Waals surface area (Å²) >= 11 is 4.87. The Kier molecular flexibility index (Phi) is 9.98. The van der Waals surface area contributed by atoms with E-state index in [1.54, 1.807) is 23.5 Å². The Bertz CT molecular complexity index is 374. The number of nitrogens with one attached hydrogen (secondary N) is 2. The first-order valence-electron chi connectivity index (χ1n) is 7.27. The fourth-order valence-corrected chi connectivity index (χ4v) is 2.36. The summed E-state index contributed by atoms with van der Waals surface area (Å²) in [4.78, 5) is 24.7. The first kappa shape index (κ1) is 22.0. The number of hydrogen-bond donors (Lipinski definition) is 2. The lowest BCUT2D eigenvalue weighted by molar-refractivity contribution is -0.129. The molecule has 0 saturated carbocycles. The third kappa shape index (κ3) is 8.02. The molecule has 0 aliphatic heterocycles. The van der Waals surface area contributed by atoms with Gasteiger partial charge < -0.3 is 10.6 Å². The summed E-state index contributed by atoms with van der Waals surface area (Å²) < 4.78 is -0.543. The Hall–Kier alpha value is -0.0100. The zero-order valence-electron chi connectivity index (χ0n) is 14.7. The zero-order valence-corrected chi connectivity index (χ0v) is 17.2. The van der Waals surface area contributed by atoms with E-state index in [-0.39, 0.29) is 16.6 Å². The maximum atomic E-state index is 12.4. The first-order chi connectivity index (χ1) is 10.1. The Morgan fingerprint density at radius 3 is 2.09 bits per heavy atom. The number of hydrogen-bond acceptors (Lipinski definition) is 5. The SMILES string of the molecule is CSCCC(NC(=O)C(C)(C)SC)C(=O)NCC(C)(C)SC. The van der Waals surface area contributed by atoms with Crippen LogP contribution in [0.1, 0.15) is 34.1 Å². The molecule has 0 aromatic carbocycles. The fourth-order valence-electron chi connectivity index (χ4n) is 1.42. The highest BCUT2D eigenvalue weighted by Gasteiger charge is 2.30. The van der Waals surface area contributed by atoms with Crippen LogP contribution in [-0.2, 0) is 9.59 Å². The van der Waals surface area contributed by atoms with Crippen LogP contribution in [0.15, 0.2) is 0 Å². The lowest BCUT2D eigenvalue weighted by atomic mass is 10.1. The molecule has 0 fully saturated rings. The van der Waals surface area contributed by atoms with Crippen LogP contribution in [0.4, 0.5) is 0 Å². The molecule has 130 valence electrons. The molecule has 0 radical (unpaired) electrons. The van der Waals surface area contributed by atoms with Crippen molar-refractivity contribution in [2.75, 3.05) is 31.1 Å². The van der Waals surface area contributed by atoms with E-state index < -0.39 is 10.8 Å². The Labute approximate surface area is 148 Å². The predicted octanol–water partition coefficient (Wildman–Crippen LogP) is 2.62. The first-order valence-corrected chi connectivity index (χ1v) is 11.1. The van der Waals surface area contributed by atoms with Crippen LogP contribution in [0.25, 0.3) is 0 Å². The molecule has 0 rings (SSSR count). The maximum Gasteiger partial charge on any atom is 0.242 e. The summed E-state index contributed by atoms with van der Waals surface area (Å²) in [7, 11) is 0. The number of amides is 2. The third-order valence-corrected chi connectivity index (χ3v) is 6.63. The molecule has 4 nitrogen and oxygen atoms in total. The molecule has 0 spiro atoms. The second kappa shape index (κ2) is 9.98. The Morgan fingerprint density at radius 1 is 1.05 bits per heavy atom. The molecule has 7 heteroatoms. The van der Waals surface area contributed by atoms with Gasteiger partial charge in [-0.3, -0.25) is 9.59 Å². The average Bonchev–Trinajstić information content (AvgIpc) is 2.48. The van der Waals surface area contributed by atoms with Gasteiger partial charge in [0.25, 0.3) is 0 Å². The monoisotopic (exact) mass is 366 g/mol.